The maximum atomic E-state index is 12.8. The number of methoxy groups -OCH3 is 2. The van der Waals surface area contributed by atoms with E-state index in [1.165, 1.54) is 20.3 Å². The van der Waals surface area contributed by atoms with Crippen LogP contribution in [0.3, 0.4) is 0 Å². The first kappa shape index (κ1) is 23.1. The zero-order valence-corrected chi connectivity index (χ0v) is 18.9. The third-order valence-electron chi connectivity index (χ3n) is 4.36. The number of thioether (sulfide) groups is 1. The first-order valence-corrected chi connectivity index (χ1v) is 10.3. The van der Waals surface area contributed by atoms with Crippen LogP contribution in [0.25, 0.3) is 6.08 Å². The number of carbonyl (C=O) groups is 3. The standard InChI is InChI=1S/C20H25ClN2O5S/c1-11(2)23(12(3)4)18(24)10-22-19(25)17(29-20(22)26)8-13-7-15(27-5)16(28-6)9-14(13)21/h7-9,11-12H,10H2,1-6H3/b17-8-. The van der Waals surface area contributed by atoms with Gasteiger partial charge in [0.05, 0.1) is 24.1 Å². The monoisotopic (exact) mass is 440 g/mol. The summed E-state index contributed by atoms with van der Waals surface area (Å²) in [7, 11) is 2.98. The number of nitrogens with zero attached hydrogens (tertiary/aromatic N) is 2. The molecule has 1 saturated heterocycles. The molecule has 1 heterocycles. The first-order valence-electron chi connectivity index (χ1n) is 9.08. The van der Waals surface area contributed by atoms with Gasteiger partial charge in [0.1, 0.15) is 6.54 Å². The van der Waals surface area contributed by atoms with Gasteiger partial charge in [-0.1, -0.05) is 11.6 Å². The number of carbonyl (C=O) groups excluding carboxylic acids is 3. The lowest BCUT2D eigenvalue weighted by Crippen LogP contribution is -2.48. The van der Waals surface area contributed by atoms with Gasteiger partial charge < -0.3 is 14.4 Å². The molecule has 0 atom stereocenters. The second kappa shape index (κ2) is 9.54. The highest BCUT2D eigenvalue weighted by molar-refractivity contribution is 8.18. The molecule has 1 aromatic rings. The van der Waals surface area contributed by atoms with Crippen molar-refractivity contribution >= 4 is 46.5 Å². The quantitative estimate of drug-likeness (QED) is 0.595. The van der Waals surface area contributed by atoms with E-state index in [9.17, 15) is 14.4 Å². The summed E-state index contributed by atoms with van der Waals surface area (Å²) in [5, 5.41) is -0.144. The van der Waals surface area contributed by atoms with Crippen molar-refractivity contribution in [3.63, 3.8) is 0 Å². The van der Waals surface area contributed by atoms with Crippen LogP contribution in [0.5, 0.6) is 11.5 Å². The number of hydrogen-bond donors (Lipinski definition) is 0. The predicted octanol–water partition coefficient (Wildman–Crippen LogP) is 4.04. The summed E-state index contributed by atoms with van der Waals surface area (Å²) in [6.45, 7) is 7.28. The molecular formula is C20H25ClN2O5S. The van der Waals surface area contributed by atoms with Crippen LogP contribution < -0.4 is 9.47 Å². The number of amides is 3. The van der Waals surface area contributed by atoms with Crippen molar-refractivity contribution in [2.75, 3.05) is 20.8 Å². The van der Waals surface area contributed by atoms with Gasteiger partial charge in [-0.25, -0.2) is 0 Å². The Morgan fingerprint density at radius 3 is 2.21 bits per heavy atom. The van der Waals surface area contributed by atoms with Crippen LogP contribution in [0.4, 0.5) is 4.79 Å². The highest BCUT2D eigenvalue weighted by atomic mass is 35.5. The summed E-state index contributed by atoms with van der Waals surface area (Å²) in [6, 6.07) is 3.12. The van der Waals surface area contributed by atoms with Gasteiger partial charge in [-0.2, -0.15) is 0 Å². The Balaban J connectivity index is 2.28. The van der Waals surface area contributed by atoms with Crippen LogP contribution in [0.2, 0.25) is 5.02 Å². The van der Waals surface area contributed by atoms with Crippen molar-refractivity contribution in [1.29, 1.82) is 0 Å². The van der Waals surface area contributed by atoms with Crippen LogP contribution >= 0.6 is 23.4 Å². The number of rotatable bonds is 7. The maximum absolute atomic E-state index is 12.8. The third-order valence-corrected chi connectivity index (χ3v) is 5.59. The van der Waals surface area contributed by atoms with E-state index in [-0.39, 0.29) is 29.4 Å². The maximum Gasteiger partial charge on any atom is 0.294 e. The molecule has 3 amide bonds. The van der Waals surface area contributed by atoms with Gasteiger partial charge in [-0.05, 0) is 57.2 Å². The Kier molecular flexibility index (Phi) is 7.60. The van der Waals surface area contributed by atoms with E-state index in [1.54, 1.807) is 17.0 Å². The van der Waals surface area contributed by atoms with E-state index in [2.05, 4.69) is 0 Å². The van der Waals surface area contributed by atoms with Crippen LogP contribution in [0.1, 0.15) is 33.3 Å². The molecule has 0 aliphatic carbocycles. The average molecular weight is 441 g/mol. The molecule has 0 saturated carbocycles. The van der Waals surface area contributed by atoms with Gasteiger partial charge in [0.2, 0.25) is 5.91 Å². The smallest absolute Gasteiger partial charge is 0.294 e. The molecule has 2 rings (SSSR count). The molecule has 1 aliphatic heterocycles. The second-order valence-electron chi connectivity index (χ2n) is 6.99. The van der Waals surface area contributed by atoms with Crippen LogP contribution in [-0.4, -0.2) is 59.7 Å². The fourth-order valence-corrected chi connectivity index (χ4v) is 4.18. The lowest BCUT2D eigenvalue weighted by Gasteiger charge is -2.31. The van der Waals surface area contributed by atoms with E-state index in [1.807, 2.05) is 27.7 Å². The molecule has 158 valence electrons. The van der Waals surface area contributed by atoms with E-state index in [0.29, 0.717) is 22.1 Å². The fourth-order valence-electron chi connectivity index (χ4n) is 3.15. The van der Waals surface area contributed by atoms with Crippen molar-refractivity contribution in [3.8, 4) is 11.5 Å². The van der Waals surface area contributed by atoms with Crippen molar-refractivity contribution < 1.29 is 23.9 Å². The Morgan fingerprint density at radius 2 is 1.69 bits per heavy atom. The first-order chi connectivity index (χ1) is 13.6. The molecule has 29 heavy (non-hydrogen) atoms. The van der Waals surface area contributed by atoms with Crippen molar-refractivity contribution in [2.24, 2.45) is 0 Å². The molecule has 1 aromatic carbocycles. The Labute approximate surface area is 180 Å². The van der Waals surface area contributed by atoms with Crippen LogP contribution in [0, 0.1) is 0 Å². The van der Waals surface area contributed by atoms with Crippen LogP contribution in [-0.2, 0) is 9.59 Å². The highest BCUT2D eigenvalue weighted by Gasteiger charge is 2.37. The Bertz CT molecular complexity index is 846. The highest BCUT2D eigenvalue weighted by Crippen LogP contribution is 2.37. The molecule has 7 nitrogen and oxygen atoms in total. The van der Waals surface area contributed by atoms with Gasteiger partial charge in [0, 0.05) is 18.2 Å². The summed E-state index contributed by atoms with van der Waals surface area (Å²) < 4.78 is 10.5. The van der Waals surface area contributed by atoms with Crippen LogP contribution in [0.15, 0.2) is 17.0 Å². The van der Waals surface area contributed by atoms with E-state index < -0.39 is 11.1 Å². The number of halogens is 1. The lowest BCUT2D eigenvalue weighted by atomic mass is 10.1. The molecule has 9 heteroatoms. The summed E-state index contributed by atoms with van der Waals surface area (Å²) in [6.07, 6.45) is 1.52. The van der Waals surface area contributed by atoms with Gasteiger partial charge in [-0.15, -0.1) is 0 Å². The topological polar surface area (TPSA) is 76.2 Å². The lowest BCUT2D eigenvalue weighted by molar-refractivity contribution is -0.138. The Hall–Kier alpha value is -2.19. The van der Waals surface area contributed by atoms with Crippen molar-refractivity contribution in [2.45, 2.75) is 39.8 Å². The van der Waals surface area contributed by atoms with Gasteiger partial charge in [-0.3, -0.25) is 19.3 Å². The molecule has 1 fully saturated rings. The molecule has 0 radical (unpaired) electrons. The SMILES string of the molecule is COc1cc(Cl)c(/C=C2\SC(=O)N(CC(=O)N(C(C)C)C(C)C)C2=O)cc1OC. The minimum absolute atomic E-state index is 0.0384. The zero-order chi connectivity index (χ0) is 21.9. The largest absolute Gasteiger partial charge is 0.493 e. The molecule has 0 spiro atoms. The van der Waals surface area contributed by atoms with Gasteiger partial charge >= 0.3 is 0 Å². The number of benzene rings is 1. The second-order valence-corrected chi connectivity index (χ2v) is 8.39. The normalized spacial score (nSPS) is 15.6. The van der Waals surface area contributed by atoms with Crippen molar-refractivity contribution in [1.82, 2.24) is 9.80 Å². The van der Waals surface area contributed by atoms with E-state index in [4.69, 9.17) is 21.1 Å². The molecular weight excluding hydrogens is 416 g/mol. The molecule has 0 unspecified atom stereocenters. The predicted molar refractivity (Wildman–Crippen MR) is 114 cm³/mol. The van der Waals surface area contributed by atoms with E-state index in [0.717, 1.165) is 16.7 Å². The summed E-state index contributed by atoms with van der Waals surface area (Å²) in [4.78, 5) is 40.6. The third kappa shape index (κ3) is 5.05. The molecule has 0 aromatic heterocycles. The van der Waals surface area contributed by atoms with Crippen molar-refractivity contribution in [3.05, 3.63) is 27.6 Å². The minimum atomic E-state index is -0.522. The molecule has 0 bridgehead atoms. The number of hydrogen-bond acceptors (Lipinski definition) is 6. The summed E-state index contributed by atoms with van der Waals surface area (Å²) >= 11 is 7.05. The average Bonchev–Trinajstić information content (AvgIpc) is 2.89. The number of ether oxygens (including phenoxy) is 2. The van der Waals surface area contributed by atoms with Gasteiger partial charge in [0.15, 0.2) is 11.5 Å². The van der Waals surface area contributed by atoms with E-state index >= 15 is 0 Å². The van der Waals surface area contributed by atoms with Gasteiger partial charge in [0.25, 0.3) is 11.1 Å². The molecule has 1 aliphatic rings. The fraction of sp³-hybridized carbons (Fsp3) is 0.450. The molecule has 0 N–H and O–H groups in total. The summed E-state index contributed by atoms with van der Waals surface area (Å²) in [5.41, 5.74) is 0.507. The summed E-state index contributed by atoms with van der Waals surface area (Å²) in [5.74, 6) is 0.104. The Morgan fingerprint density at radius 1 is 1.14 bits per heavy atom. The number of imide groups is 1. The zero-order valence-electron chi connectivity index (χ0n) is 17.3. The minimum Gasteiger partial charge on any atom is -0.493 e.